The highest BCUT2D eigenvalue weighted by Gasteiger charge is 2.14. The van der Waals surface area contributed by atoms with E-state index in [-0.39, 0.29) is 5.91 Å². The van der Waals surface area contributed by atoms with Gasteiger partial charge in [0.05, 0.1) is 15.7 Å². The van der Waals surface area contributed by atoms with Crippen LogP contribution in [0.2, 0.25) is 0 Å². The Morgan fingerprint density at radius 1 is 1.13 bits per heavy atom. The maximum absolute atomic E-state index is 12.2. The summed E-state index contributed by atoms with van der Waals surface area (Å²) in [6.45, 7) is 6.82. The monoisotopic (exact) mass is 351 g/mol. The summed E-state index contributed by atoms with van der Waals surface area (Å²) in [4.78, 5) is 22.0. The third-order valence-corrected chi connectivity index (χ3v) is 5.80. The van der Waals surface area contributed by atoms with Crippen LogP contribution in [0.3, 0.4) is 0 Å². The summed E-state index contributed by atoms with van der Waals surface area (Å²) in [7, 11) is 0. The average Bonchev–Trinajstić information content (AvgIpc) is 3.10. The molecule has 0 aliphatic heterocycles. The van der Waals surface area contributed by atoms with Gasteiger partial charge in [0.25, 0.3) is 5.91 Å². The minimum absolute atomic E-state index is 0.0211. The van der Waals surface area contributed by atoms with Gasteiger partial charge in [-0.1, -0.05) is 13.3 Å². The smallest absolute Gasteiger partial charge is 0.263 e. The normalized spacial score (nSPS) is 10.9. The standard InChI is InChI=1S/C17H25N3OS2/c1-4-5-8-15-20-13(3)16(23-15)17(21)18-10-7-6-9-14-19-12(2)11-22-14/h11H,4-10H2,1-3H3,(H,18,21). The lowest BCUT2D eigenvalue weighted by molar-refractivity contribution is 0.0956. The Kier molecular flexibility index (Phi) is 7.17. The Morgan fingerprint density at radius 2 is 1.91 bits per heavy atom. The minimum Gasteiger partial charge on any atom is -0.351 e. The number of nitrogens with zero attached hydrogens (tertiary/aromatic N) is 2. The van der Waals surface area contributed by atoms with Crippen molar-refractivity contribution >= 4 is 28.6 Å². The quantitative estimate of drug-likeness (QED) is 0.685. The van der Waals surface area contributed by atoms with E-state index in [1.807, 2.05) is 13.8 Å². The van der Waals surface area contributed by atoms with Gasteiger partial charge in [0.15, 0.2) is 0 Å². The summed E-state index contributed by atoms with van der Waals surface area (Å²) < 4.78 is 0. The van der Waals surface area contributed by atoms with Crippen molar-refractivity contribution in [2.24, 2.45) is 0 Å². The number of hydrogen-bond donors (Lipinski definition) is 1. The summed E-state index contributed by atoms with van der Waals surface area (Å²) in [5.41, 5.74) is 1.95. The fourth-order valence-corrected chi connectivity index (χ4v) is 4.14. The molecule has 2 rings (SSSR count). The molecule has 0 fully saturated rings. The van der Waals surface area contributed by atoms with Gasteiger partial charge in [0.2, 0.25) is 0 Å². The van der Waals surface area contributed by atoms with Gasteiger partial charge in [-0.2, -0.15) is 0 Å². The van der Waals surface area contributed by atoms with Crippen molar-refractivity contribution in [3.05, 3.63) is 31.7 Å². The number of unbranched alkanes of at least 4 members (excludes halogenated alkanes) is 2. The zero-order valence-electron chi connectivity index (χ0n) is 14.1. The Balaban J connectivity index is 1.71. The lowest BCUT2D eigenvalue weighted by Crippen LogP contribution is -2.24. The Labute approximate surface area is 146 Å². The van der Waals surface area contributed by atoms with E-state index in [0.29, 0.717) is 6.54 Å². The molecule has 0 spiro atoms. The second-order valence-electron chi connectivity index (χ2n) is 5.72. The third-order valence-electron chi connectivity index (χ3n) is 3.56. The first-order chi connectivity index (χ1) is 11.1. The molecule has 0 aromatic carbocycles. The highest BCUT2D eigenvalue weighted by atomic mass is 32.1. The molecule has 6 heteroatoms. The van der Waals surface area contributed by atoms with Gasteiger partial charge < -0.3 is 5.32 Å². The van der Waals surface area contributed by atoms with Crippen LogP contribution in [-0.4, -0.2) is 22.4 Å². The van der Waals surface area contributed by atoms with Crippen LogP contribution >= 0.6 is 22.7 Å². The first-order valence-electron chi connectivity index (χ1n) is 8.25. The fraction of sp³-hybridized carbons (Fsp3) is 0.588. The molecule has 126 valence electrons. The number of nitrogens with one attached hydrogen (secondary N) is 1. The molecule has 0 saturated carbocycles. The number of carbonyl (C=O) groups is 1. The van der Waals surface area contributed by atoms with Crippen molar-refractivity contribution in [1.82, 2.24) is 15.3 Å². The number of hydrogen-bond acceptors (Lipinski definition) is 5. The maximum atomic E-state index is 12.2. The van der Waals surface area contributed by atoms with E-state index in [0.717, 1.165) is 59.8 Å². The molecule has 0 radical (unpaired) electrons. The van der Waals surface area contributed by atoms with E-state index in [1.165, 1.54) is 16.3 Å². The second kappa shape index (κ2) is 9.13. The van der Waals surface area contributed by atoms with Crippen molar-refractivity contribution < 1.29 is 4.79 Å². The molecule has 0 saturated heterocycles. The lowest BCUT2D eigenvalue weighted by atomic mass is 10.2. The Hall–Kier alpha value is -1.27. The summed E-state index contributed by atoms with van der Waals surface area (Å²) in [6, 6.07) is 0. The van der Waals surface area contributed by atoms with Gasteiger partial charge in [-0.25, -0.2) is 9.97 Å². The number of carbonyl (C=O) groups excluding carboxylic acids is 1. The van der Waals surface area contributed by atoms with Crippen LogP contribution in [0.4, 0.5) is 0 Å². The van der Waals surface area contributed by atoms with E-state index < -0.39 is 0 Å². The van der Waals surface area contributed by atoms with Crippen LogP contribution in [0, 0.1) is 13.8 Å². The van der Waals surface area contributed by atoms with Crippen molar-refractivity contribution in [1.29, 1.82) is 0 Å². The van der Waals surface area contributed by atoms with E-state index >= 15 is 0 Å². The molecule has 2 aromatic heterocycles. The molecule has 1 amide bonds. The largest absolute Gasteiger partial charge is 0.351 e. The molecule has 0 aliphatic rings. The SMILES string of the molecule is CCCCc1nc(C)c(C(=O)NCCCCc2nc(C)cs2)s1. The highest BCUT2D eigenvalue weighted by Crippen LogP contribution is 2.19. The van der Waals surface area contributed by atoms with E-state index in [2.05, 4.69) is 27.6 Å². The predicted molar refractivity (Wildman–Crippen MR) is 97.6 cm³/mol. The number of aryl methyl sites for hydroxylation is 4. The number of amides is 1. The number of rotatable bonds is 9. The summed E-state index contributed by atoms with van der Waals surface area (Å²) in [5.74, 6) is 0.0211. The fourth-order valence-electron chi connectivity index (χ4n) is 2.30. The topological polar surface area (TPSA) is 54.9 Å². The molecule has 0 bridgehead atoms. The van der Waals surface area contributed by atoms with Gasteiger partial charge in [-0.05, 0) is 46.0 Å². The number of thiazole rings is 2. The van der Waals surface area contributed by atoms with Crippen molar-refractivity contribution in [3.63, 3.8) is 0 Å². The van der Waals surface area contributed by atoms with Crippen LogP contribution in [0.15, 0.2) is 5.38 Å². The molecule has 23 heavy (non-hydrogen) atoms. The highest BCUT2D eigenvalue weighted by molar-refractivity contribution is 7.13. The Morgan fingerprint density at radius 3 is 2.61 bits per heavy atom. The van der Waals surface area contributed by atoms with E-state index in [4.69, 9.17) is 0 Å². The summed E-state index contributed by atoms with van der Waals surface area (Å²) in [5, 5.41) is 7.36. The number of aromatic nitrogens is 2. The average molecular weight is 352 g/mol. The van der Waals surface area contributed by atoms with Crippen LogP contribution in [0.5, 0.6) is 0 Å². The lowest BCUT2D eigenvalue weighted by Gasteiger charge is -2.03. The molecular weight excluding hydrogens is 326 g/mol. The summed E-state index contributed by atoms with van der Waals surface area (Å²) >= 11 is 3.26. The maximum Gasteiger partial charge on any atom is 0.263 e. The van der Waals surface area contributed by atoms with Crippen molar-refractivity contribution in [2.45, 2.75) is 59.3 Å². The molecule has 2 heterocycles. The molecule has 0 aliphatic carbocycles. The van der Waals surface area contributed by atoms with Gasteiger partial charge in [0, 0.05) is 17.6 Å². The van der Waals surface area contributed by atoms with Crippen LogP contribution in [0.1, 0.15) is 63.7 Å². The molecule has 1 N–H and O–H groups in total. The van der Waals surface area contributed by atoms with Crippen LogP contribution in [-0.2, 0) is 12.8 Å². The zero-order chi connectivity index (χ0) is 16.7. The third kappa shape index (κ3) is 5.70. The van der Waals surface area contributed by atoms with Gasteiger partial charge in [-0.15, -0.1) is 22.7 Å². The zero-order valence-corrected chi connectivity index (χ0v) is 15.8. The van der Waals surface area contributed by atoms with Gasteiger partial charge >= 0.3 is 0 Å². The molecule has 2 aromatic rings. The first kappa shape index (κ1) is 18.1. The predicted octanol–water partition coefficient (Wildman–Crippen LogP) is 4.31. The minimum atomic E-state index is 0.0211. The van der Waals surface area contributed by atoms with Crippen LogP contribution in [0.25, 0.3) is 0 Å². The van der Waals surface area contributed by atoms with E-state index in [9.17, 15) is 4.79 Å². The molecule has 0 atom stereocenters. The van der Waals surface area contributed by atoms with Crippen LogP contribution < -0.4 is 5.32 Å². The Bertz CT molecular complexity index is 634. The summed E-state index contributed by atoms with van der Waals surface area (Å²) in [6.07, 6.45) is 6.28. The molecule has 0 unspecified atom stereocenters. The van der Waals surface area contributed by atoms with Crippen molar-refractivity contribution in [2.75, 3.05) is 6.54 Å². The van der Waals surface area contributed by atoms with Gasteiger partial charge in [0.1, 0.15) is 4.88 Å². The molecule has 4 nitrogen and oxygen atoms in total. The van der Waals surface area contributed by atoms with Gasteiger partial charge in [-0.3, -0.25) is 4.79 Å². The first-order valence-corrected chi connectivity index (χ1v) is 9.95. The second-order valence-corrected chi connectivity index (χ2v) is 7.75. The van der Waals surface area contributed by atoms with E-state index in [1.54, 1.807) is 11.3 Å². The van der Waals surface area contributed by atoms with Crippen molar-refractivity contribution in [3.8, 4) is 0 Å². The molecular formula is C17H25N3OS2.